The van der Waals surface area contributed by atoms with Gasteiger partial charge in [-0.2, -0.15) is 0 Å². The van der Waals surface area contributed by atoms with Crippen molar-refractivity contribution in [2.75, 3.05) is 5.75 Å². The van der Waals surface area contributed by atoms with Crippen molar-refractivity contribution in [3.05, 3.63) is 35.6 Å². The fourth-order valence-corrected chi connectivity index (χ4v) is 3.02. The Labute approximate surface area is 152 Å². The Morgan fingerprint density at radius 3 is 2.46 bits per heavy atom. The quantitative estimate of drug-likeness (QED) is 0.409. The van der Waals surface area contributed by atoms with Crippen molar-refractivity contribution in [3.8, 4) is 0 Å². The van der Waals surface area contributed by atoms with Crippen LogP contribution in [0.1, 0.15) is 17.3 Å². The first-order valence-corrected chi connectivity index (χ1v) is 8.61. The number of hydrogen-bond donors (Lipinski definition) is 5. The molecule has 1 aliphatic heterocycles. The summed E-state index contributed by atoms with van der Waals surface area (Å²) in [5, 5.41) is 10.5. The monoisotopic (exact) mass is 383 g/mol. The molecule has 1 aliphatic rings. The van der Waals surface area contributed by atoms with E-state index in [1.807, 2.05) is 0 Å². The predicted molar refractivity (Wildman–Crippen MR) is 92.0 cm³/mol. The molecule has 140 valence electrons. The molecule has 26 heavy (non-hydrogen) atoms. The second-order valence-electron chi connectivity index (χ2n) is 5.47. The summed E-state index contributed by atoms with van der Waals surface area (Å²) >= 11 is 1.04. The van der Waals surface area contributed by atoms with Crippen molar-refractivity contribution in [2.24, 2.45) is 5.73 Å². The second kappa shape index (κ2) is 8.63. The molecule has 1 saturated heterocycles. The molecule has 6 N–H and O–H groups in total. The van der Waals surface area contributed by atoms with E-state index in [1.54, 1.807) is 0 Å². The molecule has 0 aliphatic carbocycles. The molecule has 1 aromatic carbocycles. The van der Waals surface area contributed by atoms with Gasteiger partial charge in [0.15, 0.2) is 0 Å². The van der Waals surface area contributed by atoms with Crippen LogP contribution in [0, 0.1) is 5.82 Å². The molecule has 0 aromatic heterocycles. The number of hydrogen-bond acceptors (Lipinski definition) is 6. The Balaban J connectivity index is 2.10. The first kappa shape index (κ1) is 19.7. The van der Waals surface area contributed by atoms with Crippen LogP contribution in [-0.2, 0) is 14.4 Å². The number of nitrogens with one attached hydrogen (secondary N) is 4. The van der Waals surface area contributed by atoms with Crippen LogP contribution in [0.2, 0.25) is 0 Å². The number of benzene rings is 1. The third kappa shape index (κ3) is 5.43. The van der Waals surface area contributed by atoms with E-state index in [-0.39, 0.29) is 11.3 Å². The van der Waals surface area contributed by atoms with Crippen LogP contribution in [0.5, 0.6) is 0 Å². The highest BCUT2D eigenvalue weighted by molar-refractivity contribution is 8.00. The fraction of sp³-hybridized carbons (Fsp3) is 0.333. The summed E-state index contributed by atoms with van der Waals surface area (Å²) in [5.74, 6) is -2.68. The van der Waals surface area contributed by atoms with Gasteiger partial charge < -0.3 is 21.7 Å². The van der Waals surface area contributed by atoms with Gasteiger partial charge in [-0.25, -0.2) is 4.39 Å². The normalized spacial score (nSPS) is 22.2. The Kier molecular flexibility index (Phi) is 6.52. The van der Waals surface area contributed by atoms with Gasteiger partial charge in [-0.15, -0.1) is 11.8 Å². The molecule has 1 heterocycles. The van der Waals surface area contributed by atoms with Crippen molar-refractivity contribution in [1.29, 1.82) is 0 Å². The largest absolute Gasteiger partial charge is 0.369 e. The maximum Gasteiger partial charge on any atom is 0.252 e. The van der Waals surface area contributed by atoms with Crippen molar-refractivity contribution in [3.63, 3.8) is 0 Å². The molecular weight excluding hydrogens is 365 g/mol. The fourth-order valence-electron chi connectivity index (χ4n) is 2.25. The highest BCUT2D eigenvalue weighted by atomic mass is 32.2. The smallest absolute Gasteiger partial charge is 0.252 e. The lowest BCUT2D eigenvalue weighted by molar-refractivity contribution is -0.127. The summed E-state index contributed by atoms with van der Waals surface area (Å²) in [6.07, 6.45) is -0.906. The minimum Gasteiger partial charge on any atom is -0.369 e. The molecule has 0 radical (unpaired) electrons. The van der Waals surface area contributed by atoms with Crippen molar-refractivity contribution in [1.82, 2.24) is 21.3 Å². The topological polar surface area (TPSA) is 142 Å². The maximum atomic E-state index is 13.0. The van der Waals surface area contributed by atoms with Gasteiger partial charge in [0.25, 0.3) is 5.91 Å². The minimum absolute atomic E-state index is 0.0443. The van der Waals surface area contributed by atoms with Crippen molar-refractivity contribution in [2.45, 2.75) is 24.6 Å². The van der Waals surface area contributed by atoms with E-state index in [2.05, 4.69) is 21.3 Å². The Morgan fingerprint density at radius 2 is 1.88 bits per heavy atom. The SMILES string of the molecule is CC(=O)NC1NC(SCC(N)=O)NC(=O)C1NC(=O)c1ccc(F)cc1. The first-order chi connectivity index (χ1) is 12.3. The summed E-state index contributed by atoms with van der Waals surface area (Å²) in [6.45, 7) is 1.26. The number of carbonyl (C=O) groups is 4. The average molecular weight is 383 g/mol. The lowest BCUT2D eigenvalue weighted by Crippen LogP contribution is -2.72. The standard InChI is InChI=1S/C15H18FN5O4S/c1-7(22)18-12-11(14(25)21-15(20-12)26-6-10(17)23)19-13(24)8-2-4-9(16)5-3-8/h2-5,11-12,15,20H,6H2,1H3,(H2,17,23)(H,18,22)(H,19,24)(H,21,25). The lowest BCUT2D eigenvalue weighted by Gasteiger charge is -2.37. The van der Waals surface area contributed by atoms with Crippen LogP contribution in [0.3, 0.4) is 0 Å². The van der Waals surface area contributed by atoms with E-state index < -0.39 is 47.2 Å². The summed E-state index contributed by atoms with van der Waals surface area (Å²) in [6, 6.07) is 3.68. The molecule has 1 aromatic rings. The predicted octanol–water partition coefficient (Wildman–Crippen LogP) is -1.39. The second-order valence-corrected chi connectivity index (χ2v) is 6.56. The average Bonchev–Trinajstić information content (AvgIpc) is 2.56. The Morgan fingerprint density at radius 1 is 1.23 bits per heavy atom. The molecule has 0 bridgehead atoms. The number of primary amides is 1. The number of halogens is 1. The summed E-state index contributed by atoms with van der Waals surface area (Å²) in [7, 11) is 0. The Bertz CT molecular complexity index is 714. The van der Waals surface area contributed by atoms with Gasteiger partial charge in [0.1, 0.15) is 23.5 Å². The zero-order chi connectivity index (χ0) is 19.3. The van der Waals surface area contributed by atoms with Crippen LogP contribution in [-0.4, -0.2) is 47.1 Å². The lowest BCUT2D eigenvalue weighted by atomic mass is 10.1. The Hall–Kier alpha value is -2.66. The van der Waals surface area contributed by atoms with Crippen molar-refractivity contribution >= 4 is 35.4 Å². The van der Waals surface area contributed by atoms with Gasteiger partial charge >= 0.3 is 0 Å². The van der Waals surface area contributed by atoms with Crippen LogP contribution in [0.15, 0.2) is 24.3 Å². The van der Waals surface area contributed by atoms with Crippen LogP contribution in [0.4, 0.5) is 4.39 Å². The zero-order valence-electron chi connectivity index (χ0n) is 13.7. The molecule has 3 atom stereocenters. The molecule has 0 spiro atoms. The van der Waals surface area contributed by atoms with Crippen LogP contribution < -0.4 is 27.0 Å². The number of rotatable bonds is 6. The summed E-state index contributed by atoms with van der Waals surface area (Å²) in [5.41, 5.74) is 4.56. The molecule has 11 heteroatoms. The van der Waals surface area contributed by atoms with Gasteiger partial charge in [0, 0.05) is 12.5 Å². The molecule has 9 nitrogen and oxygen atoms in total. The third-order valence-corrected chi connectivity index (χ3v) is 4.40. The molecule has 2 rings (SSSR count). The van der Waals surface area contributed by atoms with E-state index >= 15 is 0 Å². The van der Waals surface area contributed by atoms with Gasteiger partial charge in [-0.3, -0.25) is 24.5 Å². The zero-order valence-corrected chi connectivity index (χ0v) is 14.6. The third-order valence-electron chi connectivity index (χ3n) is 3.36. The van der Waals surface area contributed by atoms with Crippen molar-refractivity contribution < 1.29 is 23.6 Å². The van der Waals surface area contributed by atoms with Gasteiger partial charge in [0.2, 0.25) is 17.7 Å². The van der Waals surface area contributed by atoms with Gasteiger partial charge in [-0.05, 0) is 24.3 Å². The first-order valence-electron chi connectivity index (χ1n) is 7.56. The van der Waals surface area contributed by atoms with Gasteiger partial charge in [-0.1, -0.05) is 0 Å². The maximum absolute atomic E-state index is 13.0. The summed E-state index contributed by atoms with van der Waals surface area (Å²) < 4.78 is 13.0. The van der Waals surface area contributed by atoms with E-state index in [4.69, 9.17) is 5.73 Å². The summed E-state index contributed by atoms with van der Waals surface area (Å²) in [4.78, 5) is 46.9. The minimum atomic E-state index is -1.11. The van der Waals surface area contributed by atoms with E-state index in [9.17, 15) is 23.6 Å². The van der Waals surface area contributed by atoms with E-state index in [0.29, 0.717) is 0 Å². The highest BCUT2D eigenvalue weighted by Crippen LogP contribution is 2.12. The number of amides is 4. The van der Waals surface area contributed by atoms with Crippen LogP contribution >= 0.6 is 11.8 Å². The van der Waals surface area contributed by atoms with E-state index in [0.717, 1.165) is 23.9 Å². The molecule has 3 unspecified atom stereocenters. The molecule has 4 amide bonds. The number of nitrogens with two attached hydrogens (primary N) is 1. The number of carbonyl (C=O) groups excluding carboxylic acids is 4. The van der Waals surface area contributed by atoms with E-state index in [1.165, 1.54) is 19.1 Å². The van der Waals surface area contributed by atoms with Crippen LogP contribution in [0.25, 0.3) is 0 Å². The highest BCUT2D eigenvalue weighted by Gasteiger charge is 2.38. The molecule has 1 fully saturated rings. The molecule has 0 saturated carbocycles. The van der Waals surface area contributed by atoms with Gasteiger partial charge in [0.05, 0.1) is 5.75 Å². The number of thioether (sulfide) groups is 1. The molecular formula is C15H18FN5O4S.